The van der Waals surface area contributed by atoms with Crippen molar-refractivity contribution in [1.82, 2.24) is 25.1 Å². The normalized spacial score (nSPS) is 18.6. The summed E-state index contributed by atoms with van der Waals surface area (Å²) in [6, 6.07) is 7.25. The number of hydrogen-bond donors (Lipinski definition) is 3. The second-order valence-electron chi connectivity index (χ2n) is 9.27. The molecule has 5 rings (SSSR count). The molecule has 1 aliphatic carbocycles. The molecule has 3 N–H and O–H groups in total. The number of fused-ring (bicyclic) bond motifs is 1. The summed E-state index contributed by atoms with van der Waals surface area (Å²) in [7, 11) is 0. The summed E-state index contributed by atoms with van der Waals surface area (Å²) in [5.41, 5.74) is 3.20. The summed E-state index contributed by atoms with van der Waals surface area (Å²) >= 11 is 0. The van der Waals surface area contributed by atoms with Crippen molar-refractivity contribution in [2.45, 2.75) is 50.6 Å². The maximum atomic E-state index is 13.0. The number of aliphatic carboxylic acids is 1. The number of imidazole rings is 1. The molecule has 1 aromatic carbocycles. The maximum Gasteiger partial charge on any atom is 0.323 e. The zero-order chi connectivity index (χ0) is 24.4. The fraction of sp³-hybridized carbons (Fsp3) is 0.440. The Morgan fingerprint density at radius 3 is 2.69 bits per heavy atom. The van der Waals surface area contributed by atoms with Gasteiger partial charge in [0, 0.05) is 30.7 Å². The molecule has 184 valence electrons. The van der Waals surface area contributed by atoms with Crippen LogP contribution in [0.4, 0.5) is 4.79 Å². The van der Waals surface area contributed by atoms with Crippen LogP contribution in [0.5, 0.6) is 0 Å². The van der Waals surface area contributed by atoms with E-state index in [4.69, 9.17) is 14.5 Å². The van der Waals surface area contributed by atoms with E-state index in [0.29, 0.717) is 31.1 Å². The molecule has 1 aliphatic heterocycles. The molecule has 3 amide bonds. The highest BCUT2D eigenvalue weighted by Crippen LogP contribution is 2.36. The Labute approximate surface area is 202 Å². The molecule has 1 saturated carbocycles. The minimum absolute atomic E-state index is 0.199. The topological polar surface area (TPSA) is 130 Å². The Morgan fingerprint density at radius 1 is 1.11 bits per heavy atom. The quantitative estimate of drug-likeness (QED) is 0.497. The standard InChI is InChI=1S/C25H29N5O5/c31-22(32)13-26-25(34)29-10-8-18(14-29)27-24(33)16-6-7-21-20(12-16)28-23(17-9-11-35-15-17)30(21)19-4-2-1-3-5-19/h6-7,9,11-12,15,18-19H,1-5,8,10,13-14H2,(H,26,34)(H,27,33)(H,31,32). The van der Waals surface area contributed by atoms with Gasteiger partial charge in [-0.1, -0.05) is 19.3 Å². The van der Waals surface area contributed by atoms with Gasteiger partial charge in [-0.05, 0) is 43.5 Å². The molecule has 3 aromatic rings. The Kier molecular flexibility index (Phi) is 6.43. The van der Waals surface area contributed by atoms with Crippen molar-refractivity contribution in [2.75, 3.05) is 19.6 Å². The van der Waals surface area contributed by atoms with Gasteiger partial charge in [-0.15, -0.1) is 0 Å². The number of likely N-dealkylation sites (tertiary alicyclic amines) is 1. The third-order valence-corrected chi connectivity index (χ3v) is 6.87. The van der Waals surface area contributed by atoms with E-state index in [-0.39, 0.29) is 11.9 Å². The summed E-state index contributed by atoms with van der Waals surface area (Å²) in [5, 5.41) is 14.1. The first kappa shape index (κ1) is 22.9. The second kappa shape index (κ2) is 9.81. The molecule has 1 atom stereocenters. The summed E-state index contributed by atoms with van der Waals surface area (Å²) in [4.78, 5) is 42.1. The summed E-state index contributed by atoms with van der Waals surface area (Å²) < 4.78 is 7.61. The molecule has 2 aromatic heterocycles. The number of carboxylic acid groups (broad SMARTS) is 1. The van der Waals surface area contributed by atoms with Crippen LogP contribution in [-0.2, 0) is 4.79 Å². The molecule has 10 nitrogen and oxygen atoms in total. The predicted molar refractivity (Wildman–Crippen MR) is 128 cm³/mol. The first-order chi connectivity index (χ1) is 17.0. The number of rotatable bonds is 6. The van der Waals surface area contributed by atoms with Gasteiger partial charge < -0.3 is 29.6 Å². The van der Waals surface area contributed by atoms with Gasteiger partial charge in [-0.2, -0.15) is 0 Å². The third kappa shape index (κ3) is 4.87. The van der Waals surface area contributed by atoms with Crippen LogP contribution in [0.25, 0.3) is 22.4 Å². The number of carbonyl (C=O) groups excluding carboxylic acids is 2. The number of carbonyl (C=O) groups is 3. The van der Waals surface area contributed by atoms with Crippen LogP contribution in [0.15, 0.2) is 41.2 Å². The molecule has 1 saturated heterocycles. The number of benzene rings is 1. The lowest BCUT2D eigenvalue weighted by Crippen LogP contribution is -2.43. The number of nitrogens with one attached hydrogen (secondary N) is 2. The Balaban J connectivity index is 1.33. The van der Waals surface area contributed by atoms with Crippen LogP contribution >= 0.6 is 0 Å². The molecule has 0 radical (unpaired) electrons. The third-order valence-electron chi connectivity index (χ3n) is 6.87. The molecule has 2 aliphatic rings. The number of aromatic nitrogens is 2. The number of carboxylic acids is 1. The Hall–Kier alpha value is -3.82. The smallest absolute Gasteiger partial charge is 0.323 e. The average Bonchev–Trinajstić information content (AvgIpc) is 3.62. The SMILES string of the molecule is O=C(O)CNC(=O)N1CCC(NC(=O)c2ccc3c(c2)nc(-c2ccoc2)n3C2CCCCC2)C1. The van der Waals surface area contributed by atoms with E-state index in [1.165, 1.54) is 24.2 Å². The van der Waals surface area contributed by atoms with Crippen LogP contribution in [0.2, 0.25) is 0 Å². The fourth-order valence-corrected chi connectivity index (χ4v) is 5.14. The average molecular weight is 480 g/mol. The molecule has 0 spiro atoms. The van der Waals surface area contributed by atoms with Gasteiger partial charge in [-0.25, -0.2) is 9.78 Å². The minimum Gasteiger partial charge on any atom is -0.480 e. The summed E-state index contributed by atoms with van der Waals surface area (Å²) in [6.07, 6.45) is 9.82. The van der Waals surface area contributed by atoms with Gasteiger partial charge >= 0.3 is 12.0 Å². The molecule has 2 fully saturated rings. The Bertz CT molecular complexity index is 1230. The maximum absolute atomic E-state index is 13.0. The van der Waals surface area contributed by atoms with E-state index in [1.807, 2.05) is 24.3 Å². The van der Waals surface area contributed by atoms with Gasteiger partial charge in [0.1, 0.15) is 18.6 Å². The van der Waals surface area contributed by atoms with Crippen LogP contribution in [0.1, 0.15) is 54.9 Å². The molecular formula is C25H29N5O5. The lowest BCUT2D eigenvalue weighted by molar-refractivity contribution is -0.135. The van der Waals surface area contributed by atoms with Crippen LogP contribution < -0.4 is 10.6 Å². The highest BCUT2D eigenvalue weighted by Gasteiger charge is 2.28. The number of urea groups is 1. The second-order valence-corrected chi connectivity index (χ2v) is 9.27. The lowest BCUT2D eigenvalue weighted by Gasteiger charge is -2.25. The van der Waals surface area contributed by atoms with E-state index in [9.17, 15) is 14.4 Å². The van der Waals surface area contributed by atoms with Gasteiger partial charge in [0.25, 0.3) is 5.91 Å². The van der Waals surface area contributed by atoms with Crippen LogP contribution in [0.3, 0.4) is 0 Å². The lowest BCUT2D eigenvalue weighted by atomic mass is 9.95. The van der Waals surface area contributed by atoms with Gasteiger partial charge in [0.15, 0.2) is 0 Å². The van der Waals surface area contributed by atoms with Crippen LogP contribution in [-0.4, -0.2) is 63.1 Å². The zero-order valence-corrected chi connectivity index (χ0v) is 19.4. The van der Waals surface area contributed by atoms with Crippen molar-refractivity contribution >= 4 is 28.9 Å². The van der Waals surface area contributed by atoms with Gasteiger partial charge in [0.05, 0.1) is 22.9 Å². The van der Waals surface area contributed by atoms with E-state index in [0.717, 1.165) is 35.3 Å². The first-order valence-corrected chi connectivity index (χ1v) is 12.1. The van der Waals surface area contributed by atoms with Crippen molar-refractivity contribution in [3.05, 3.63) is 42.4 Å². The zero-order valence-electron chi connectivity index (χ0n) is 19.4. The van der Waals surface area contributed by atoms with Crippen molar-refractivity contribution in [3.8, 4) is 11.4 Å². The predicted octanol–water partition coefficient (Wildman–Crippen LogP) is 3.40. The minimum atomic E-state index is -1.10. The van der Waals surface area contributed by atoms with E-state index < -0.39 is 18.5 Å². The number of hydrogen-bond acceptors (Lipinski definition) is 5. The van der Waals surface area contributed by atoms with Crippen LogP contribution in [0, 0.1) is 0 Å². The number of nitrogens with zero attached hydrogens (tertiary/aromatic N) is 3. The monoisotopic (exact) mass is 479 g/mol. The van der Waals surface area contributed by atoms with E-state index >= 15 is 0 Å². The summed E-state index contributed by atoms with van der Waals surface area (Å²) in [6.45, 7) is 0.357. The molecule has 3 heterocycles. The Morgan fingerprint density at radius 2 is 1.94 bits per heavy atom. The molecule has 10 heteroatoms. The molecular weight excluding hydrogens is 450 g/mol. The molecule has 35 heavy (non-hydrogen) atoms. The van der Waals surface area contributed by atoms with Gasteiger partial charge in [-0.3, -0.25) is 9.59 Å². The van der Waals surface area contributed by atoms with Crippen molar-refractivity contribution in [1.29, 1.82) is 0 Å². The van der Waals surface area contributed by atoms with E-state index in [1.54, 1.807) is 12.5 Å². The molecule has 0 bridgehead atoms. The number of amides is 3. The highest BCUT2D eigenvalue weighted by molar-refractivity contribution is 5.98. The fourth-order valence-electron chi connectivity index (χ4n) is 5.14. The van der Waals surface area contributed by atoms with Crippen molar-refractivity contribution in [3.63, 3.8) is 0 Å². The number of furan rings is 1. The largest absolute Gasteiger partial charge is 0.480 e. The van der Waals surface area contributed by atoms with Crippen molar-refractivity contribution in [2.24, 2.45) is 0 Å². The van der Waals surface area contributed by atoms with Crippen molar-refractivity contribution < 1.29 is 23.9 Å². The highest BCUT2D eigenvalue weighted by atomic mass is 16.4. The van der Waals surface area contributed by atoms with Gasteiger partial charge in [0.2, 0.25) is 0 Å². The first-order valence-electron chi connectivity index (χ1n) is 12.1. The summed E-state index contributed by atoms with van der Waals surface area (Å²) in [5.74, 6) is -0.460. The molecule has 1 unspecified atom stereocenters. The van der Waals surface area contributed by atoms with E-state index in [2.05, 4.69) is 15.2 Å².